The highest BCUT2D eigenvalue weighted by atomic mass is 35.5. The van der Waals surface area contributed by atoms with Crippen LogP contribution >= 0.6 is 24.8 Å². The molecule has 24 heavy (non-hydrogen) atoms. The van der Waals surface area contributed by atoms with E-state index in [2.05, 4.69) is 21.3 Å². The van der Waals surface area contributed by atoms with Gasteiger partial charge in [0.05, 0.1) is 25.2 Å². The molecule has 0 aromatic carbocycles. The van der Waals surface area contributed by atoms with Gasteiger partial charge in [0.2, 0.25) is 23.6 Å². The highest BCUT2D eigenvalue weighted by molar-refractivity contribution is 5.88. The van der Waals surface area contributed by atoms with E-state index in [0.717, 1.165) is 0 Å². The number of carbonyl (C=O) groups excluding carboxylic acids is 4. The second-order valence-corrected chi connectivity index (χ2v) is 4.71. The summed E-state index contributed by atoms with van der Waals surface area (Å²) in [6.45, 7) is 3.04. The number of rotatable bonds is 9. The highest BCUT2D eigenvalue weighted by Crippen LogP contribution is 1.75. The maximum absolute atomic E-state index is 11.4. The van der Waals surface area contributed by atoms with Crippen molar-refractivity contribution in [2.75, 3.05) is 26.2 Å². The number of nitrogens with two attached hydrogens (primary N) is 2. The molecule has 0 aromatic heterocycles. The zero-order valence-corrected chi connectivity index (χ0v) is 15.2. The molecule has 10 nitrogen and oxygen atoms in total. The molecule has 142 valence electrons. The summed E-state index contributed by atoms with van der Waals surface area (Å²) in [4.78, 5) is 45.0. The third-order valence-corrected chi connectivity index (χ3v) is 2.44. The summed E-state index contributed by atoms with van der Waals surface area (Å²) in [5.74, 6) is -1.64. The summed E-state index contributed by atoms with van der Waals surface area (Å²) in [6, 6.07) is -1.36. The van der Waals surface area contributed by atoms with E-state index in [0.29, 0.717) is 0 Å². The molecule has 0 bridgehead atoms. The van der Waals surface area contributed by atoms with E-state index >= 15 is 0 Å². The molecule has 8 N–H and O–H groups in total. The van der Waals surface area contributed by atoms with Crippen LogP contribution in [0.5, 0.6) is 0 Å². The largest absolute Gasteiger partial charge is 0.353 e. The number of hydrogen-bond donors (Lipinski definition) is 6. The monoisotopic (exact) mass is 388 g/mol. The Morgan fingerprint density at radius 3 is 1.25 bits per heavy atom. The topological polar surface area (TPSA) is 168 Å². The van der Waals surface area contributed by atoms with Crippen molar-refractivity contribution in [2.45, 2.75) is 25.9 Å². The molecule has 0 rings (SSSR count). The first-order valence-corrected chi connectivity index (χ1v) is 6.84. The first kappa shape index (κ1) is 27.2. The van der Waals surface area contributed by atoms with Crippen LogP contribution in [0.1, 0.15) is 13.8 Å². The Labute approximate surface area is 153 Å². The number of hydrogen-bond acceptors (Lipinski definition) is 6. The maximum Gasteiger partial charge on any atom is 0.239 e. The van der Waals surface area contributed by atoms with Gasteiger partial charge in [-0.15, -0.1) is 24.8 Å². The molecule has 0 aliphatic carbocycles. The molecule has 0 saturated carbocycles. The van der Waals surface area contributed by atoms with Crippen LogP contribution in [0.4, 0.5) is 0 Å². The average molecular weight is 389 g/mol. The lowest BCUT2D eigenvalue weighted by Gasteiger charge is -2.10. The van der Waals surface area contributed by atoms with Crippen molar-refractivity contribution in [1.82, 2.24) is 21.3 Å². The van der Waals surface area contributed by atoms with Gasteiger partial charge in [0.15, 0.2) is 0 Å². The van der Waals surface area contributed by atoms with Crippen LogP contribution in [0.3, 0.4) is 0 Å². The second kappa shape index (κ2) is 14.9. The fraction of sp³-hybridized carbons (Fsp3) is 0.667. The van der Waals surface area contributed by atoms with Crippen molar-refractivity contribution < 1.29 is 19.2 Å². The summed E-state index contributed by atoms with van der Waals surface area (Å²) in [6.07, 6.45) is 0. The average Bonchev–Trinajstić information content (AvgIpc) is 2.46. The maximum atomic E-state index is 11.4. The Kier molecular flexibility index (Phi) is 17.0. The Bertz CT molecular complexity index is 382. The number of nitrogens with one attached hydrogen (secondary N) is 4. The van der Waals surface area contributed by atoms with Crippen LogP contribution < -0.4 is 32.7 Å². The van der Waals surface area contributed by atoms with Gasteiger partial charge in [0, 0.05) is 13.1 Å². The molecular formula is C12H26Cl2N6O4. The molecule has 0 spiro atoms. The van der Waals surface area contributed by atoms with Gasteiger partial charge in [-0.1, -0.05) is 0 Å². The first-order chi connectivity index (χ1) is 10.2. The second-order valence-electron chi connectivity index (χ2n) is 4.71. The summed E-state index contributed by atoms with van der Waals surface area (Å²) >= 11 is 0. The molecule has 0 fully saturated rings. The predicted molar refractivity (Wildman–Crippen MR) is 93.8 cm³/mol. The summed E-state index contributed by atoms with van der Waals surface area (Å²) in [5, 5.41) is 9.70. The molecule has 2 unspecified atom stereocenters. The minimum Gasteiger partial charge on any atom is -0.353 e. The zero-order valence-electron chi connectivity index (χ0n) is 13.6. The quantitative estimate of drug-likeness (QED) is 0.230. The van der Waals surface area contributed by atoms with Gasteiger partial charge < -0.3 is 32.7 Å². The lowest BCUT2D eigenvalue weighted by Crippen LogP contribution is -2.46. The van der Waals surface area contributed by atoms with Crippen molar-refractivity contribution in [3.8, 4) is 0 Å². The van der Waals surface area contributed by atoms with Crippen LogP contribution in [0, 0.1) is 0 Å². The molecule has 0 aromatic rings. The van der Waals surface area contributed by atoms with Crippen LogP contribution in [0.25, 0.3) is 0 Å². The fourth-order valence-corrected chi connectivity index (χ4v) is 1.19. The Morgan fingerprint density at radius 2 is 1.00 bits per heavy atom. The molecule has 2 atom stereocenters. The molecule has 12 heteroatoms. The van der Waals surface area contributed by atoms with E-state index in [1.807, 2.05) is 0 Å². The summed E-state index contributed by atoms with van der Waals surface area (Å²) < 4.78 is 0. The van der Waals surface area contributed by atoms with Gasteiger partial charge in [-0.3, -0.25) is 19.2 Å². The molecule has 0 heterocycles. The lowest BCUT2D eigenvalue weighted by molar-refractivity contribution is -0.127. The van der Waals surface area contributed by atoms with Crippen LogP contribution in [-0.4, -0.2) is 61.9 Å². The number of carbonyl (C=O) groups is 4. The SMILES string of the molecule is CC(N)C(=O)NCC(=O)NCCNC(=O)CNC(=O)C(C)N.Cl.Cl. The van der Waals surface area contributed by atoms with Crippen molar-refractivity contribution >= 4 is 48.4 Å². The van der Waals surface area contributed by atoms with E-state index in [9.17, 15) is 19.2 Å². The van der Waals surface area contributed by atoms with Gasteiger partial charge in [0.25, 0.3) is 0 Å². The molecule has 4 amide bonds. The van der Waals surface area contributed by atoms with E-state index < -0.39 is 35.7 Å². The van der Waals surface area contributed by atoms with E-state index in [1.54, 1.807) is 0 Å². The van der Waals surface area contributed by atoms with E-state index in [4.69, 9.17) is 11.5 Å². The van der Waals surface area contributed by atoms with Crippen LogP contribution in [0.15, 0.2) is 0 Å². The molecule has 0 aliphatic rings. The molecule has 0 radical (unpaired) electrons. The Balaban J connectivity index is -0.00000220. The van der Waals surface area contributed by atoms with Crippen molar-refractivity contribution in [3.63, 3.8) is 0 Å². The summed E-state index contributed by atoms with van der Waals surface area (Å²) in [7, 11) is 0. The van der Waals surface area contributed by atoms with E-state index in [1.165, 1.54) is 13.8 Å². The number of halogens is 2. The van der Waals surface area contributed by atoms with Crippen LogP contribution in [0.2, 0.25) is 0 Å². The molecular weight excluding hydrogens is 363 g/mol. The van der Waals surface area contributed by atoms with Crippen LogP contribution in [-0.2, 0) is 19.2 Å². The van der Waals surface area contributed by atoms with Gasteiger partial charge in [0.1, 0.15) is 0 Å². The number of amides is 4. The Hall–Kier alpha value is -1.62. The first-order valence-electron chi connectivity index (χ1n) is 6.84. The Morgan fingerprint density at radius 1 is 0.708 bits per heavy atom. The van der Waals surface area contributed by atoms with Gasteiger partial charge in [-0.25, -0.2) is 0 Å². The standard InChI is InChI=1S/C12H24N6O4.2ClH/c1-7(13)11(21)17-5-9(19)15-3-4-16-10(20)6-18-12(22)8(2)14;;/h7-8H,3-6,13-14H2,1-2H3,(H,15,19)(H,16,20)(H,17,21)(H,18,22);2*1H. The van der Waals surface area contributed by atoms with Crippen molar-refractivity contribution in [2.24, 2.45) is 11.5 Å². The predicted octanol–water partition coefficient (Wildman–Crippen LogP) is -3.01. The van der Waals surface area contributed by atoms with Gasteiger partial charge in [-0.05, 0) is 13.8 Å². The highest BCUT2D eigenvalue weighted by Gasteiger charge is 2.10. The lowest BCUT2D eigenvalue weighted by atomic mass is 10.3. The van der Waals surface area contributed by atoms with Gasteiger partial charge in [-0.2, -0.15) is 0 Å². The zero-order chi connectivity index (χ0) is 17.1. The van der Waals surface area contributed by atoms with E-state index in [-0.39, 0.29) is 51.0 Å². The summed E-state index contributed by atoms with van der Waals surface area (Å²) in [5.41, 5.74) is 10.6. The van der Waals surface area contributed by atoms with Crippen molar-refractivity contribution in [3.05, 3.63) is 0 Å². The van der Waals surface area contributed by atoms with Gasteiger partial charge >= 0.3 is 0 Å². The molecule has 0 saturated heterocycles. The van der Waals surface area contributed by atoms with Crippen molar-refractivity contribution in [1.29, 1.82) is 0 Å². The smallest absolute Gasteiger partial charge is 0.239 e. The normalized spacial score (nSPS) is 11.7. The fourth-order valence-electron chi connectivity index (χ4n) is 1.19. The third-order valence-electron chi connectivity index (χ3n) is 2.44. The minimum absolute atomic E-state index is 0. The third kappa shape index (κ3) is 14.0. The minimum atomic E-state index is -0.682. The molecule has 0 aliphatic heterocycles.